The van der Waals surface area contributed by atoms with Gasteiger partial charge in [0.15, 0.2) is 4.96 Å². The number of hydrogen-bond acceptors (Lipinski definition) is 4. The van der Waals surface area contributed by atoms with Crippen LogP contribution in [0.2, 0.25) is 0 Å². The molecule has 0 amide bonds. The van der Waals surface area contributed by atoms with E-state index in [1.807, 2.05) is 0 Å². The van der Waals surface area contributed by atoms with E-state index in [0.717, 1.165) is 44.1 Å². The van der Waals surface area contributed by atoms with Crippen LogP contribution in [-0.2, 0) is 11.2 Å². The van der Waals surface area contributed by atoms with Gasteiger partial charge >= 0.3 is 0 Å². The summed E-state index contributed by atoms with van der Waals surface area (Å²) in [4.78, 5) is 5.84. The lowest BCUT2D eigenvalue weighted by Gasteiger charge is -2.37. The molecule has 1 atom stereocenters. The Morgan fingerprint density at radius 2 is 2.43 bits per heavy atom. The fourth-order valence-electron chi connectivity index (χ4n) is 3.12. The van der Waals surface area contributed by atoms with Crippen LogP contribution in [0.5, 0.6) is 0 Å². The van der Waals surface area contributed by atoms with Crippen molar-refractivity contribution in [1.29, 1.82) is 0 Å². The van der Waals surface area contributed by atoms with Crippen molar-refractivity contribution in [2.45, 2.75) is 33.1 Å². The Hall–Kier alpha value is -0.910. The first kappa shape index (κ1) is 15.0. The number of nitrogens with zero attached hydrogens (tertiary/aromatic N) is 2. The number of aromatic nitrogens is 2. The first-order valence-electron chi connectivity index (χ1n) is 7.86. The molecule has 1 aliphatic heterocycles. The van der Waals surface area contributed by atoms with Crippen molar-refractivity contribution >= 4 is 16.3 Å². The normalized spacial score (nSPS) is 23.2. The topological polar surface area (TPSA) is 38.6 Å². The first-order chi connectivity index (χ1) is 10.2. The van der Waals surface area contributed by atoms with Crippen molar-refractivity contribution < 1.29 is 4.74 Å². The summed E-state index contributed by atoms with van der Waals surface area (Å²) in [5, 5.41) is 5.71. The summed E-state index contributed by atoms with van der Waals surface area (Å²) < 4.78 is 7.92. The van der Waals surface area contributed by atoms with E-state index in [9.17, 15) is 0 Å². The standard InChI is InChI=1S/C16H25N3OS/c1-13(2)9-17-11-16(4-3-6-20-12-16)8-14-10-19-5-7-21-15(19)18-14/h5,7,10,13,17H,3-4,6,8-9,11-12H2,1-2H3. The highest BCUT2D eigenvalue weighted by Gasteiger charge is 2.33. The third-order valence-corrected chi connectivity index (χ3v) is 4.93. The molecule has 1 N–H and O–H groups in total. The zero-order chi connectivity index (χ0) is 14.7. The van der Waals surface area contributed by atoms with Gasteiger partial charge in [-0.15, -0.1) is 11.3 Å². The van der Waals surface area contributed by atoms with Crippen LogP contribution in [0.1, 0.15) is 32.4 Å². The second kappa shape index (κ2) is 6.46. The average molecular weight is 307 g/mol. The van der Waals surface area contributed by atoms with Crippen LogP contribution in [0.3, 0.4) is 0 Å². The molecule has 1 aliphatic rings. The Kier molecular flexibility index (Phi) is 4.62. The van der Waals surface area contributed by atoms with E-state index in [1.165, 1.54) is 12.1 Å². The molecule has 2 aromatic heterocycles. The highest BCUT2D eigenvalue weighted by atomic mass is 32.1. The van der Waals surface area contributed by atoms with Crippen molar-refractivity contribution in [3.05, 3.63) is 23.5 Å². The van der Waals surface area contributed by atoms with Gasteiger partial charge in [0.05, 0.1) is 12.3 Å². The molecule has 1 fully saturated rings. The van der Waals surface area contributed by atoms with Crippen LogP contribution >= 0.6 is 11.3 Å². The lowest BCUT2D eigenvalue weighted by molar-refractivity contribution is -0.00781. The minimum atomic E-state index is 0.206. The third kappa shape index (κ3) is 3.65. The molecule has 0 radical (unpaired) electrons. The highest BCUT2D eigenvalue weighted by molar-refractivity contribution is 7.15. The Morgan fingerprint density at radius 3 is 3.14 bits per heavy atom. The lowest BCUT2D eigenvalue weighted by Crippen LogP contribution is -2.43. The minimum absolute atomic E-state index is 0.206. The summed E-state index contributed by atoms with van der Waals surface area (Å²) in [6.45, 7) is 8.35. The summed E-state index contributed by atoms with van der Waals surface area (Å²) in [6.07, 6.45) is 7.64. The van der Waals surface area contributed by atoms with Crippen LogP contribution in [0, 0.1) is 11.3 Å². The number of thiazole rings is 1. The predicted molar refractivity (Wildman–Crippen MR) is 87.0 cm³/mol. The Bertz CT molecular complexity index is 540. The third-order valence-electron chi connectivity index (χ3n) is 4.16. The van der Waals surface area contributed by atoms with E-state index >= 15 is 0 Å². The van der Waals surface area contributed by atoms with Crippen molar-refractivity contribution in [3.63, 3.8) is 0 Å². The molecule has 0 saturated carbocycles. The predicted octanol–water partition coefficient (Wildman–Crippen LogP) is 2.98. The van der Waals surface area contributed by atoms with E-state index in [0.29, 0.717) is 5.92 Å². The molecule has 4 nitrogen and oxygen atoms in total. The van der Waals surface area contributed by atoms with Crippen molar-refractivity contribution in [2.75, 3.05) is 26.3 Å². The fourth-order valence-corrected chi connectivity index (χ4v) is 3.84. The number of nitrogens with one attached hydrogen (secondary N) is 1. The number of rotatable bonds is 6. The molecule has 5 heteroatoms. The van der Waals surface area contributed by atoms with Crippen molar-refractivity contribution in [2.24, 2.45) is 11.3 Å². The molecule has 2 aromatic rings. The number of fused-ring (bicyclic) bond motifs is 1. The number of imidazole rings is 1. The molecular formula is C16H25N3OS. The smallest absolute Gasteiger partial charge is 0.193 e. The van der Waals surface area contributed by atoms with Gasteiger partial charge in [0.25, 0.3) is 0 Å². The summed E-state index contributed by atoms with van der Waals surface area (Å²) in [5.41, 5.74) is 1.40. The lowest BCUT2D eigenvalue weighted by atomic mass is 9.78. The van der Waals surface area contributed by atoms with Gasteiger partial charge in [-0.1, -0.05) is 13.8 Å². The molecule has 0 aromatic carbocycles. The maximum absolute atomic E-state index is 5.80. The molecule has 3 heterocycles. The molecule has 1 unspecified atom stereocenters. The zero-order valence-corrected chi connectivity index (χ0v) is 13.8. The number of ether oxygens (including phenoxy) is 1. The summed E-state index contributed by atoms with van der Waals surface area (Å²) >= 11 is 1.70. The van der Waals surface area contributed by atoms with Gasteiger partial charge in [-0.2, -0.15) is 0 Å². The second-order valence-corrected chi connectivity index (χ2v) is 7.56. The van der Waals surface area contributed by atoms with Crippen LogP contribution in [0.15, 0.2) is 17.8 Å². The van der Waals surface area contributed by atoms with Crippen LogP contribution in [-0.4, -0.2) is 35.7 Å². The maximum atomic E-state index is 5.80. The molecule has 0 spiro atoms. The molecule has 1 saturated heterocycles. The van der Waals surface area contributed by atoms with E-state index in [1.54, 1.807) is 11.3 Å². The zero-order valence-electron chi connectivity index (χ0n) is 13.0. The van der Waals surface area contributed by atoms with Gasteiger partial charge in [-0.3, -0.25) is 4.40 Å². The van der Waals surface area contributed by atoms with Gasteiger partial charge in [0, 0.05) is 42.8 Å². The van der Waals surface area contributed by atoms with E-state index in [-0.39, 0.29) is 5.41 Å². The van der Waals surface area contributed by atoms with Crippen molar-refractivity contribution in [1.82, 2.24) is 14.7 Å². The Balaban J connectivity index is 1.70. The van der Waals surface area contributed by atoms with Gasteiger partial charge in [0.2, 0.25) is 0 Å². The first-order valence-corrected chi connectivity index (χ1v) is 8.74. The monoisotopic (exact) mass is 307 g/mol. The van der Waals surface area contributed by atoms with E-state index in [4.69, 9.17) is 9.72 Å². The van der Waals surface area contributed by atoms with E-state index in [2.05, 4.69) is 41.3 Å². The molecule has 3 rings (SSSR count). The summed E-state index contributed by atoms with van der Waals surface area (Å²) in [7, 11) is 0. The van der Waals surface area contributed by atoms with Gasteiger partial charge in [0.1, 0.15) is 0 Å². The molecule has 21 heavy (non-hydrogen) atoms. The average Bonchev–Trinajstić information content (AvgIpc) is 3.00. The molecule has 0 bridgehead atoms. The van der Waals surface area contributed by atoms with E-state index < -0.39 is 0 Å². The van der Waals surface area contributed by atoms with Crippen LogP contribution < -0.4 is 5.32 Å². The van der Waals surface area contributed by atoms with Gasteiger partial charge in [-0.25, -0.2) is 4.98 Å². The highest BCUT2D eigenvalue weighted by Crippen LogP contribution is 2.32. The summed E-state index contributed by atoms with van der Waals surface area (Å²) in [6, 6.07) is 0. The molecular weight excluding hydrogens is 282 g/mol. The van der Waals surface area contributed by atoms with Gasteiger partial charge < -0.3 is 10.1 Å². The quantitative estimate of drug-likeness (QED) is 0.891. The fraction of sp³-hybridized carbons (Fsp3) is 0.688. The minimum Gasteiger partial charge on any atom is -0.381 e. The van der Waals surface area contributed by atoms with Crippen molar-refractivity contribution in [3.8, 4) is 0 Å². The Morgan fingerprint density at radius 1 is 1.52 bits per heavy atom. The largest absolute Gasteiger partial charge is 0.381 e. The maximum Gasteiger partial charge on any atom is 0.193 e. The number of hydrogen-bond donors (Lipinski definition) is 1. The van der Waals surface area contributed by atoms with Crippen LogP contribution in [0.4, 0.5) is 0 Å². The van der Waals surface area contributed by atoms with Gasteiger partial charge in [-0.05, 0) is 25.3 Å². The summed E-state index contributed by atoms with van der Waals surface area (Å²) in [5.74, 6) is 0.685. The molecule has 116 valence electrons. The SMILES string of the molecule is CC(C)CNCC1(Cc2cn3ccsc3n2)CCCOC1. The van der Waals surface area contributed by atoms with Crippen LogP contribution in [0.25, 0.3) is 4.96 Å². The second-order valence-electron chi connectivity index (χ2n) is 6.68. The Labute approximate surface area is 130 Å². The molecule has 0 aliphatic carbocycles.